The molecule has 28 heavy (non-hydrogen) atoms. The Hall–Kier alpha value is -2.25. The summed E-state index contributed by atoms with van der Waals surface area (Å²) in [5.74, 6) is -0.793. The van der Waals surface area contributed by atoms with Crippen LogP contribution in [0.4, 0.5) is 10.1 Å². The Morgan fingerprint density at radius 3 is 2.29 bits per heavy atom. The van der Waals surface area contributed by atoms with Crippen molar-refractivity contribution in [1.29, 1.82) is 0 Å². The van der Waals surface area contributed by atoms with Crippen molar-refractivity contribution in [2.45, 2.75) is 39.8 Å². The normalized spacial score (nSPS) is 11.5. The summed E-state index contributed by atoms with van der Waals surface area (Å²) in [6, 6.07) is 7.62. The lowest BCUT2D eigenvalue weighted by Crippen LogP contribution is -2.52. The number of anilines is 1. The molecule has 0 bridgehead atoms. The number of aryl methyl sites for hydroxylation is 1. The van der Waals surface area contributed by atoms with Crippen LogP contribution in [0, 0.1) is 12.7 Å². The van der Waals surface area contributed by atoms with Gasteiger partial charge in [-0.05, 0) is 76.0 Å². The molecule has 2 rings (SSSR count). The topological polar surface area (TPSA) is 52.7 Å². The Bertz CT molecular complexity index is 812. The number of benzene rings is 1. The van der Waals surface area contributed by atoms with Crippen molar-refractivity contribution in [2.24, 2.45) is 0 Å². The zero-order valence-corrected chi connectivity index (χ0v) is 17.9. The lowest BCUT2D eigenvalue weighted by atomic mass is 10.1. The predicted molar refractivity (Wildman–Crippen MR) is 112 cm³/mol. The number of carbonyl (C=O) groups is 2. The SMILES string of the molecule is Cc1ccsc1CN(C)CC(=O)N(CC(=O)Nc1ccc(F)cc1)C(C)(C)C. The molecule has 1 aromatic carbocycles. The van der Waals surface area contributed by atoms with Crippen LogP contribution >= 0.6 is 11.3 Å². The number of nitrogens with one attached hydrogen (secondary N) is 1. The molecule has 0 unspecified atom stereocenters. The van der Waals surface area contributed by atoms with Crippen LogP contribution in [0.5, 0.6) is 0 Å². The van der Waals surface area contributed by atoms with Gasteiger partial charge >= 0.3 is 0 Å². The highest BCUT2D eigenvalue weighted by molar-refractivity contribution is 7.10. The Balaban J connectivity index is 1.99. The highest BCUT2D eigenvalue weighted by Gasteiger charge is 2.29. The van der Waals surface area contributed by atoms with Gasteiger partial charge in [-0.1, -0.05) is 0 Å². The van der Waals surface area contributed by atoms with Crippen molar-refractivity contribution < 1.29 is 14.0 Å². The second-order valence-corrected chi connectivity index (χ2v) is 8.91. The highest BCUT2D eigenvalue weighted by Crippen LogP contribution is 2.18. The predicted octanol–water partition coefficient (Wildman–Crippen LogP) is 3.89. The second kappa shape index (κ2) is 9.30. The molecule has 1 aromatic heterocycles. The number of hydrogen-bond donors (Lipinski definition) is 1. The molecule has 5 nitrogen and oxygen atoms in total. The van der Waals surface area contributed by atoms with Crippen LogP contribution in [0.1, 0.15) is 31.2 Å². The molecule has 2 aromatic rings. The first-order valence-electron chi connectivity index (χ1n) is 9.13. The Morgan fingerprint density at radius 2 is 1.75 bits per heavy atom. The summed E-state index contributed by atoms with van der Waals surface area (Å²) in [5.41, 5.74) is 1.21. The van der Waals surface area contributed by atoms with Gasteiger partial charge in [0, 0.05) is 22.6 Å². The third-order valence-corrected chi connectivity index (χ3v) is 5.34. The third kappa shape index (κ3) is 6.42. The van der Waals surface area contributed by atoms with Gasteiger partial charge in [-0.3, -0.25) is 14.5 Å². The monoisotopic (exact) mass is 405 g/mol. The zero-order chi connectivity index (χ0) is 20.9. The number of amides is 2. The van der Waals surface area contributed by atoms with Crippen LogP contribution in [0.3, 0.4) is 0 Å². The van der Waals surface area contributed by atoms with E-state index in [4.69, 9.17) is 0 Å². The van der Waals surface area contributed by atoms with Gasteiger partial charge in [-0.25, -0.2) is 4.39 Å². The number of likely N-dealkylation sites (N-methyl/N-ethyl adjacent to an activating group) is 1. The summed E-state index contributed by atoms with van der Waals surface area (Å²) in [6.07, 6.45) is 0. The van der Waals surface area contributed by atoms with E-state index in [1.54, 1.807) is 16.2 Å². The molecule has 0 atom stereocenters. The fourth-order valence-electron chi connectivity index (χ4n) is 2.76. The molecule has 1 heterocycles. The molecule has 2 amide bonds. The molecule has 0 fully saturated rings. The Kier molecular flexibility index (Phi) is 7.32. The largest absolute Gasteiger partial charge is 0.327 e. The van der Waals surface area contributed by atoms with Crippen LogP contribution in [-0.4, -0.2) is 47.3 Å². The van der Waals surface area contributed by atoms with Gasteiger partial charge in [0.25, 0.3) is 0 Å². The molecule has 7 heteroatoms. The molecule has 0 aliphatic carbocycles. The number of rotatable bonds is 7. The van der Waals surface area contributed by atoms with Crippen LogP contribution in [-0.2, 0) is 16.1 Å². The average molecular weight is 406 g/mol. The van der Waals surface area contributed by atoms with E-state index in [1.807, 2.05) is 38.1 Å². The third-order valence-electron chi connectivity index (χ3n) is 4.33. The number of halogens is 1. The smallest absolute Gasteiger partial charge is 0.244 e. The van der Waals surface area contributed by atoms with E-state index < -0.39 is 5.54 Å². The molecular weight excluding hydrogens is 377 g/mol. The summed E-state index contributed by atoms with van der Waals surface area (Å²) in [5, 5.41) is 4.76. The standard InChI is InChI=1S/C21H28FN3O2S/c1-15-10-11-28-18(15)12-24(5)14-20(27)25(21(2,3)4)13-19(26)23-17-8-6-16(22)7-9-17/h6-11H,12-14H2,1-5H3,(H,23,26). The van der Waals surface area contributed by atoms with Crippen molar-refractivity contribution in [3.05, 3.63) is 52.0 Å². The molecule has 0 radical (unpaired) electrons. The van der Waals surface area contributed by atoms with Crippen LogP contribution < -0.4 is 5.32 Å². The Labute approximate surface area is 170 Å². The maximum absolute atomic E-state index is 13.0. The molecule has 152 valence electrons. The van der Waals surface area contributed by atoms with Gasteiger partial charge in [0.2, 0.25) is 11.8 Å². The van der Waals surface area contributed by atoms with Gasteiger partial charge < -0.3 is 10.2 Å². The molecule has 1 N–H and O–H groups in total. The van der Waals surface area contributed by atoms with Crippen molar-refractivity contribution >= 4 is 28.8 Å². The molecule has 0 aliphatic heterocycles. The summed E-state index contributed by atoms with van der Waals surface area (Å²) in [6.45, 7) is 8.61. The first kappa shape index (κ1) is 22.0. The Morgan fingerprint density at radius 1 is 1.11 bits per heavy atom. The van der Waals surface area contributed by atoms with E-state index in [0.717, 1.165) is 0 Å². The van der Waals surface area contributed by atoms with E-state index in [1.165, 1.54) is 34.7 Å². The minimum absolute atomic E-state index is 0.0639. The zero-order valence-electron chi connectivity index (χ0n) is 17.1. The highest BCUT2D eigenvalue weighted by atomic mass is 32.1. The average Bonchev–Trinajstić information content (AvgIpc) is 2.98. The lowest BCUT2D eigenvalue weighted by Gasteiger charge is -2.36. The van der Waals surface area contributed by atoms with Crippen LogP contribution in [0.15, 0.2) is 35.7 Å². The molecule has 0 aliphatic rings. The molecular formula is C21H28FN3O2S. The maximum atomic E-state index is 13.0. The van der Waals surface area contributed by atoms with Crippen molar-refractivity contribution in [3.63, 3.8) is 0 Å². The maximum Gasteiger partial charge on any atom is 0.244 e. The summed E-state index contributed by atoms with van der Waals surface area (Å²) >= 11 is 1.67. The fourth-order valence-corrected chi connectivity index (χ4v) is 3.75. The van der Waals surface area contributed by atoms with E-state index in [-0.39, 0.29) is 30.7 Å². The minimum Gasteiger partial charge on any atom is -0.327 e. The van der Waals surface area contributed by atoms with E-state index >= 15 is 0 Å². The van der Waals surface area contributed by atoms with Crippen molar-refractivity contribution in [1.82, 2.24) is 9.80 Å². The van der Waals surface area contributed by atoms with Gasteiger partial charge in [-0.15, -0.1) is 11.3 Å². The van der Waals surface area contributed by atoms with Gasteiger partial charge in [-0.2, -0.15) is 0 Å². The first-order valence-corrected chi connectivity index (χ1v) is 10.0. The van der Waals surface area contributed by atoms with Gasteiger partial charge in [0.1, 0.15) is 12.4 Å². The summed E-state index contributed by atoms with van der Waals surface area (Å²) < 4.78 is 13.0. The number of nitrogens with zero attached hydrogens (tertiary/aromatic N) is 2. The number of hydrogen-bond acceptors (Lipinski definition) is 4. The van der Waals surface area contributed by atoms with Crippen molar-refractivity contribution in [2.75, 3.05) is 25.5 Å². The van der Waals surface area contributed by atoms with E-state index in [2.05, 4.69) is 18.3 Å². The summed E-state index contributed by atoms with van der Waals surface area (Å²) in [4.78, 5) is 30.1. The minimum atomic E-state index is -0.503. The van der Waals surface area contributed by atoms with Gasteiger partial charge in [0.05, 0.1) is 6.54 Å². The molecule has 0 saturated heterocycles. The van der Waals surface area contributed by atoms with Crippen LogP contribution in [0.25, 0.3) is 0 Å². The lowest BCUT2D eigenvalue weighted by molar-refractivity contribution is -0.140. The fraction of sp³-hybridized carbons (Fsp3) is 0.429. The van der Waals surface area contributed by atoms with Gasteiger partial charge in [0.15, 0.2) is 0 Å². The summed E-state index contributed by atoms with van der Waals surface area (Å²) in [7, 11) is 1.90. The number of carbonyl (C=O) groups excluding carboxylic acids is 2. The van der Waals surface area contributed by atoms with Crippen LogP contribution in [0.2, 0.25) is 0 Å². The second-order valence-electron chi connectivity index (χ2n) is 7.90. The number of thiophene rings is 1. The molecule has 0 spiro atoms. The first-order chi connectivity index (χ1) is 13.1. The molecule has 0 saturated carbocycles. The van der Waals surface area contributed by atoms with Crippen molar-refractivity contribution in [3.8, 4) is 0 Å². The van der Waals surface area contributed by atoms with E-state index in [9.17, 15) is 14.0 Å². The van der Waals surface area contributed by atoms with E-state index in [0.29, 0.717) is 12.2 Å². The quantitative estimate of drug-likeness (QED) is 0.760.